The lowest BCUT2D eigenvalue weighted by atomic mass is 9.94. The van der Waals surface area contributed by atoms with Crippen LogP contribution in [0.15, 0.2) is 15.9 Å². The molecule has 1 aliphatic heterocycles. The van der Waals surface area contributed by atoms with E-state index < -0.39 is 19.9 Å². The van der Waals surface area contributed by atoms with Crippen LogP contribution in [-0.4, -0.2) is 67.1 Å². The van der Waals surface area contributed by atoms with Crippen LogP contribution in [0.25, 0.3) is 0 Å². The van der Waals surface area contributed by atoms with Gasteiger partial charge in [0.25, 0.3) is 0 Å². The third-order valence-corrected chi connectivity index (χ3v) is 7.03. The van der Waals surface area contributed by atoms with Gasteiger partial charge < -0.3 is 4.90 Å². The van der Waals surface area contributed by atoms with E-state index in [0.29, 0.717) is 19.0 Å². The van der Waals surface area contributed by atoms with Gasteiger partial charge in [0.1, 0.15) is 0 Å². The highest BCUT2D eigenvalue weighted by Crippen LogP contribution is 2.20. The van der Waals surface area contributed by atoms with Crippen LogP contribution >= 0.6 is 0 Å². The van der Waals surface area contributed by atoms with Gasteiger partial charge >= 0.3 is 10.2 Å². The minimum Gasteiger partial charge on any atom is -0.300 e. The van der Waals surface area contributed by atoms with Crippen molar-refractivity contribution in [3.8, 4) is 0 Å². The average molecular weight is 335 g/mol. The molecule has 6 nitrogen and oxygen atoms in total. The Hall–Kier alpha value is -0.440. The Kier molecular flexibility index (Phi) is 5.45. The second-order valence-electron chi connectivity index (χ2n) is 6.08. The zero-order valence-corrected chi connectivity index (χ0v) is 14.4. The maximum absolute atomic E-state index is 12.1. The van der Waals surface area contributed by atoms with Gasteiger partial charge in [-0.1, -0.05) is 15.9 Å². The molecule has 8 heteroatoms. The monoisotopic (exact) mass is 335 g/mol. The molecule has 0 N–H and O–H groups in total. The van der Waals surface area contributed by atoms with Crippen molar-refractivity contribution in [3.63, 3.8) is 0 Å². The molecule has 1 unspecified atom stereocenters. The van der Waals surface area contributed by atoms with Gasteiger partial charge in [-0.05, 0) is 25.2 Å². The van der Waals surface area contributed by atoms with Gasteiger partial charge in [-0.15, -0.1) is 0 Å². The third-order valence-electron chi connectivity index (χ3n) is 3.83. The highest BCUT2D eigenvalue weighted by atomic mass is 32.3. The smallest absolute Gasteiger partial charge is 0.300 e. The molecule has 2 aliphatic rings. The van der Waals surface area contributed by atoms with Crippen molar-refractivity contribution >= 4 is 19.9 Å². The summed E-state index contributed by atoms with van der Waals surface area (Å²) in [6.45, 7) is 3.36. The molecule has 0 spiro atoms. The quantitative estimate of drug-likeness (QED) is 0.717. The SMILES string of the molecule is CS(C)(=O)=NS(=O)(=O)N1CCN(CC2CC=CCC2)CC1. The summed E-state index contributed by atoms with van der Waals surface area (Å²) in [6, 6.07) is 0. The first-order chi connectivity index (χ1) is 9.76. The Bertz CT molecular complexity index is 590. The number of nitrogens with zero attached hydrogens (tertiary/aromatic N) is 3. The second-order valence-corrected chi connectivity index (χ2v) is 10.5. The van der Waals surface area contributed by atoms with E-state index in [2.05, 4.69) is 20.8 Å². The summed E-state index contributed by atoms with van der Waals surface area (Å²) in [5.74, 6) is 0.688. The van der Waals surface area contributed by atoms with Crippen LogP contribution < -0.4 is 0 Å². The van der Waals surface area contributed by atoms with E-state index in [9.17, 15) is 12.6 Å². The van der Waals surface area contributed by atoms with Crippen LogP contribution in [0.4, 0.5) is 0 Å². The molecule has 122 valence electrons. The summed E-state index contributed by atoms with van der Waals surface area (Å²) < 4.78 is 40.5. The Morgan fingerprint density at radius 1 is 1.10 bits per heavy atom. The predicted octanol–water partition coefficient (Wildman–Crippen LogP) is 0.933. The van der Waals surface area contributed by atoms with Gasteiger partial charge in [0, 0.05) is 45.2 Å². The van der Waals surface area contributed by atoms with Crippen LogP contribution in [-0.2, 0) is 19.9 Å². The molecule has 0 bridgehead atoms. The largest absolute Gasteiger partial charge is 0.330 e. The first-order valence-corrected chi connectivity index (χ1v) is 11.0. The summed E-state index contributed by atoms with van der Waals surface area (Å²) in [4.78, 5) is 2.32. The van der Waals surface area contributed by atoms with E-state index in [0.717, 1.165) is 32.5 Å². The third kappa shape index (κ3) is 5.36. The van der Waals surface area contributed by atoms with Crippen molar-refractivity contribution in [1.29, 1.82) is 0 Å². The van der Waals surface area contributed by atoms with E-state index in [4.69, 9.17) is 0 Å². The van der Waals surface area contributed by atoms with E-state index in [1.807, 2.05) is 0 Å². The van der Waals surface area contributed by atoms with Crippen molar-refractivity contribution in [3.05, 3.63) is 12.2 Å². The normalized spacial score (nSPS) is 25.9. The number of rotatable bonds is 4. The van der Waals surface area contributed by atoms with Crippen molar-refractivity contribution < 1.29 is 12.6 Å². The zero-order valence-electron chi connectivity index (χ0n) is 12.8. The molecule has 1 aliphatic carbocycles. The Balaban J connectivity index is 1.88. The van der Waals surface area contributed by atoms with E-state index in [1.54, 1.807) is 0 Å². The molecule has 1 atom stereocenters. The molecule has 1 fully saturated rings. The van der Waals surface area contributed by atoms with Crippen LogP contribution in [0.5, 0.6) is 0 Å². The first kappa shape index (κ1) is 16.9. The van der Waals surface area contributed by atoms with Crippen LogP contribution in [0.3, 0.4) is 0 Å². The fourth-order valence-electron chi connectivity index (χ4n) is 2.80. The van der Waals surface area contributed by atoms with Crippen molar-refractivity contribution in [2.75, 3.05) is 45.2 Å². The highest BCUT2D eigenvalue weighted by molar-refractivity contribution is 8.01. The molecule has 1 saturated heterocycles. The first-order valence-electron chi connectivity index (χ1n) is 7.32. The molecule has 2 rings (SSSR count). The fraction of sp³-hybridized carbons (Fsp3) is 0.846. The molecule has 1 heterocycles. The van der Waals surface area contributed by atoms with Crippen molar-refractivity contribution in [2.45, 2.75) is 19.3 Å². The summed E-state index contributed by atoms with van der Waals surface area (Å²) in [6.07, 6.45) is 10.7. The molecule has 0 aromatic carbocycles. The van der Waals surface area contributed by atoms with Gasteiger partial charge in [-0.25, -0.2) is 4.21 Å². The second kappa shape index (κ2) is 6.76. The maximum atomic E-state index is 12.1. The Labute approximate surface area is 128 Å². The summed E-state index contributed by atoms with van der Waals surface area (Å²) in [7, 11) is -6.40. The van der Waals surface area contributed by atoms with E-state index in [1.165, 1.54) is 23.2 Å². The Morgan fingerprint density at radius 3 is 2.29 bits per heavy atom. The predicted molar refractivity (Wildman–Crippen MR) is 85.8 cm³/mol. The maximum Gasteiger partial charge on any atom is 0.330 e. The number of piperazine rings is 1. The van der Waals surface area contributed by atoms with Crippen LogP contribution in [0.2, 0.25) is 0 Å². The van der Waals surface area contributed by atoms with Gasteiger partial charge in [0.15, 0.2) is 0 Å². The van der Waals surface area contributed by atoms with Gasteiger partial charge in [0.2, 0.25) is 0 Å². The van der Waals surface area contributed by atoms with Gasteiger partial charge in [-0.3, -0.25) is 0 Å². The van der Waals surface area contributed by atoms with Crippen molar-refractivity contribution in [1.82, 2.24) is 9.21 Å². The van der Waals surface area contributed by atoms with Crippen molar-refractivity contribution in [2.24, 2.45) is 9.69 Å². The number of allylic oxidation sites excluding steroid dienone is 2. The molecular weight excluding hydrogens is 310 g/mol. The number of hydrogen-bond donors (Lipinski definition) is 0. The minimum atomic E-state index is -3.75. The Morgan fingerprint density at radius 2 is 1.76 bits per heavy atom. The van der Waals surface area contributed by atoms with Crippen LogP contribution in [0, 0.1) is 5.92 Å². The lowest BCUT2D eigenvalue weighted by molar-refractivity contribution is 0.161. The molecule has 0 amide bonds. The van der Waals surface area contributed by atoms with E-state index in [-0.39, 0.29) is 0 Å². The topological polar surface area (TPSA) is 70.0 Å². The fourth-order valence-corrected chi connectivity index (χ4v) is 5.62. The summed E-state index contributed by atoms with van der Waals surface area (Å²) >= 11 is 0. The molecule has 21 heavy (non-hydrogen) atoms. The van der Waals surface area contributed by atoms with E-state index >= 15 is 0 Å². The average Bonchev–Trinajstić information content (AvgIpc) is 2.38. The van der Waals surface area contributed by atoms with Crippen LogP contribution in [0.1, 0.15) is 19.3 Å². The zero-order chi connectivity index (χ0) is 15.5. The van der Waals surface area contributed by atoms with Gasteiger partial charge in [-0.2, -0.15) is 12.7 Å². The number of hydrogen-bond acceptors (Lipinski definition) is 4. The lowest BCUT2D eigenvalue weighted by Gasteiger charge is -2.35. The standard InChI is InChI=1S/C13H25N3O3S2/c1-20(2,17)14-21(18,19)16-10-8-15(9-11-16)12-13-6-4-3-5-7-13/h3-4,13H,5-12H2,1-2H3. The lowest BCUT2D eigenvalue weighted by Crippen LogP contribution is -2.49. The molecule has 0 aromatic rings. The summed E-state index contributed by atoms with van der Waals surface area (Å²) in [5.41, 5.74) is 0. The molecule has 0 saturated carbocycles. The molecule has 0 radical (unpaired) electrons. The van der Waals surface area contributed by atoms with Gasteiger partial charge in [0.05, 0.1) is 9.73 Å². The molecule has 0 aromatic heterocycles. The molecular formula is C13H25N3O3S2. The summed E-state index contributed by atoms with van der Waals surface area (Å²) in [5, 5.41) is 0. The minimum absolute atomic E-state index is 0.434. The highest BCUT2D eigenvalue weighted by Gasteiger charge is 2.28.